The van der Waals surface area contributed by atoms with Crippen LogP contribution in [0.1, 0.15) is 25.0 Å². The molecule has 0 saturated heterocycles. The number of carbonyl (C=O) groups is 2. The summed E-state index contributed by atoms with van der Waals surface area (Å²) >= 11 is 3.38. The van der Waals surface area contributed by atoms with Gasteiger partial charge in [-0.1, -0.05) is 48.0 Å². The Labute approximate surface area is 159 Å². The van der Waals surface area contributed by atoms with E-state index in [2.05, 4.69) is 20.9 Å². The molecule has 0 amide bonds. The molecule has 0 aromatic heterocycles. The normalized spacial score (nSPS) is 15.2. The van der Waals surface area contributed by atoms with E-state index in [4.69, 9.17) is 9.47 Å². The maximum absolute atomic E-state index is 12.0. The first kappa shape index (κ1) is 18.1. The second-order valence-corrected chi connectivity index (χ2v) is 6.91. The Kier molecular flexibility index (Phi) is 5.32. The van der Waals surface area contributed by atoms with E-state index in [-0.39, 0.29) is 23.5 Å². The van der Waals surface area contributed by atoms with Crippen molar-refractivity contribution in [1.29, 1.82) is 0 Å². The SMILES string of the molecule is CC(C)C(=O)Oc1ccc(/C=C2\N=C(c3cccc(Br)c3)OC2=O)cc1. The molecule has 0 atom stereocenters. The Morgan fingerprint density at radius 3 is 2.58 bits per heavy atom. The summed E-state index contributed by atoms with van der Waals surface area (Å²) in [4.78, 5) is 27.9. The van der Waals surface area contributed by atoms with Crippen molar-refractivity contribution in [2.45, 2.75) is 13.8 Å². The van der Waals surface area contributed by atoms with Gasteiger partial charge in [0.05, 0.1) is 5.92 Å². The largest absolute Gasteiger partial charge is 0.426 e. The quantitative estimate of drug-likeness (QED) is 0.424. The first-order chi connectivity index (χ1) is 12.4. The molecule has 0 fully saturated rings. The number of carbonyl (C=O) groups excluding carboxylic acids is 2. The van der Waals surface area contributed by atoms with Gasteiger partial charge in [-0.05, 0) is 42.0 Å². The minimum absolute atomic E-state index is 0.198. The topological polar surface area (TPSA) is 65.0 Å². The van der Waals surface area contributed by atoms with Crippen molar-refractivity contribution in [1.82, 2.24) is 0 Å². The molecule has 2 aromatic carbocycles. The Balaban J connectivity index is 1.79. The van der Waals surface area contributed by atoms with Gasteiger partial charge in [-0.15, -0.1) is 0 Å². The minimum atomic E-state index is -0.504. The van der Waals surface area contributed by atoms with E-state index >= 15 is 0 Å². The van der Waals surface area contributed by atoms with E-state index in [0.29, 0.717) is 11.3 Å². The van der Waals surface area contributed by atoms with Gasteiger partial charge in [0, 0.05) is 10.0 Å². The molecule has 0 saturated carbocycles. The van der Waals surface area contributed by atoms with E-state index in [0.717, 1.165) is 10.0 Å². The van der Waals surface area contributed by atoms with Gasteiger partial charge >= 0.3 is 11.9 Å². The average Bonchev–Trinajstić information content (AvgIpc) is 2.97. The molecule has 0 spiro atoms. The predicted molar refractivity (Wildman–Crippen MR) is 102 cm³/mol. The highest BCUT2D eigenvalue weighted by atomic mass is 79.9. The Morgan fingerprint density at radius 1 is 1.19 bits per heavy atom. The summed E-state index contributed by atoms with van der Waals surface area (Å²) in [6.07, 6.45) is 1.63. The average molecular weight is 414 g/mol. The lowest BCUT2D eigenvalue weighted by Crippen LogP contribution is -2.14. The van der Waals surface area contributed by atoms with Crippen LogP contribution in [0.5, 0.6) is 5.75 Å². The molecular formula is C20H16BrNO4. The van der Waals surface area contributed by atoms with Gasteiger partial charge in [0.2, 0.25) is 5.90 Å². The zero-order valence-electron chi connectivity index (χ0n) is 14.2. The molecule has 0 radical (unpaired) electrons. The standard InChI is InChI=1S/C20H16BrNO4/c1-12(2)19(23)25-16-8-6-13(7-9-16)10-17-20(24)26-18(22-17)14-4-3-5-15(21)11-14/h3-12H,1-2H3/b17-10-. The highest BCUT2D eigenvalue weighted by Gasteiger charge is 2.24. The van der Waals surface area contributed by atoms with Gasteiger partial charge in [-0.3, -0.25) is 4.79 Å². The van der Waals surface area contributed by atoms with E-state index in [1.165, 1.54) is 0 Å². The van der Waals surface area contributed by atoms with Gasteiger partial charge in [0.25, 0.3) is 0 Å². The van der Waals surface area contributed by atoms with Crippen molar-refractivity contribution in [2.75, 3.05) is 0 Å². The van der Waals surface area contributed by atoms with Crippen LogP contribution in [0.2, 0.25) is 0 Å². The van der Waals surface area contributed by atoms with Gasteiger partial charge in [-0.2, -0.15) is 0 Å². The number of benzene rings is 2. The van der Waals surface area contributed by atoms with Crippen LogP contribution in [0, 0.1) is 5.92 Å². The van der Waals surface area contributed by atoms with Crippen LogP contribution in [0.15, 0.2) is 63.7 Å². The summed E-state index contributed by atoms with van der Waals surface area (Å²) in [5.41, 5.74) is 1.68. The van der Waals surface area contributed by atoms with Crippen molar-refractivity contribution < 1.29 is 19.1 Å². The highest BCUT2D eigenvalue weighted by molar-refractivity contribution is 9.10. The summed E-state index contributed by atoms with van der Waals surface area (Å²) in [6, 6.07) is 14.2. The molecular weight excluding hydrogens is 398 g/mol. The maximum atomic E-state index is 12.0. The number of ether oxygens (including phenoxy) is 2. The zero-order valence-corrected chi connectivity index (χ0v) is 15.8. The molecule has 0 unspecified atom stereocenters. The number of halogens is 1. The Bertz CT molecular complexity index is 914. The first-order valence-corrected chi connectivity index (χ1v) is 8.82. The van der Waals surface area contributed by atoms with Gasteiger partial charge < -0.3 is 9.47 Å². The Morgan fingerprint density at radius 2 is 1.92 bits per heavy atom. The summed E-state index contributed by atoms with van der Waals surface area (Å²) in [6.45, 7) is 3.54. The second-order valence-electron chi connectivity index (χ2n) is 5.99. The van der Waals surface area contributed by atoms with E-state index < -0.39 is 5.97 Å². The smallest absolute Gasteiger partial charge is 0.363 e. The van der Waals surface area contributed by atoms with Crippen LogP contribution < -0.4 is 4.74 Å². The molecule has 26 heavy (non-hydrogen) atoms. The minimum Gasteiger partial charge on any atom is -0.426 e. The lowest BCUT2D eigenvalue weighted by molar-refractivity contribution is -0.137. The molecule has 0 bridgehead atoms. The third-order valence-corrected chi connectivity index (χ3v) is 4.06. The first-order valence-electron chi connectivity index (χ1n) is 8.02. The summed E-state index contributed by atoms with van der Waals surface area (Å²) in [7, 11) is 0. The molecule has 0 aliphatic carbocycles. The monoisotopic (exact) mass is 413 g/mol. The summed E-state index contributed by atoms with van der Waals surface area (Å²) in [5.74, 6) is -0.270. The summed E-state index contributed by atoms with van der Waals surface area (Å²) in [5, 5.41) is 0. The van der Waals surface area contributed by atoms with Crippen LogP contribution >= 0.6 is 15.9 Å². The Hall–Kier alpha value is -2.73. The molecule has 2 aromatic rings. The van der Waals surface area contributed by atoms with E-state index in [9.17, 15) is 9.59 Å². The molecule has 1 heterocycles. The fourth-order valence-corrected chi connectivity index (χ4v) is 2.58. The van der Waals surface area contributed by atoms with Crippen molar-refractivity contribution >= 4 is 39.8 Å². The van der Waals surface area contributed by atoms with Crippen molar-refractivity contribution in [3.8, 4) is 5.75 Å². The highest BCUT2D eigenvalue weighted by Crippen LogP contribution is 2.22. The van der Waals surface area contributed by atoms with Crippen LogP contribution in [0.4, 0.5) is 0 Å². The van der Waals surface area contributed by atoms with Crippen LogP contribution in [-0.2, 0) is 14.3 Å². The number of cyclic esters (lactones) is 1. The number of hydrogen-bond acceptors (Lipinski definition) is 5. The maximum Gasteiger partial charge on any atom is 0.363 e. The number of rotatable bonds is 4. The van der Waals surface area contributed by atoms with Gasteiger partial charge in [0.15, 0.2) is 5.70 Å². The fourth-order valence-electron chi connectivity index (χ4n) is 2.18. The van der Waals surface area contributed by atoms with Gasteiger partial charge in [-0.25, -0.2) is 9.79 Å². The van der Waals surface area contributed by atoms with Crippen LogP contribution in [0.3, 0.4) is 0 Å². The third kappa shape index (κ3) is 4.26. The van der Waals surface area contributed by atoms with Crippen molar-refractivity contribution in [3.05, 3.63) is 69.8 Å². The fraction of sp³-hybridized carbons (Fsp3) is 0.150. The third-order valence-electron chi connectivity index (χ3n) is 3.57. The predicted octanol–water partition coefficient (Wildman–Crippen LogP) is 4.36. The van der Waals surface area contributed by atoms with Crippen molar-refractivity contribution in [3.63, 3.8) is 0 Å². The molecule has 6 heteroatoms. The zero-order chi connectivity index (χ0) is 18.7. The number of aliphatic imine (C=N–C) groups is 1. The van der Waals surface area contributed by atoms with Crippen molar-refractivity contribution in [2.24, 2.45) is 10.9 Å². The molecule has 3 rings (SSSR count). The lowest BCUT2D eigenvalue weighted by Gasteiger charge is -2.06. The number of esters is 2. The van der Waals surface area contributed by atoms with Gasteiger partial charge in [0.1, 0.15) is 5.75 Å². The molecule has 132 valence electrons. The van der Waals surface area contributed by atoms with E-state index in [1.54, 1.807) is 44.2 Å². The molecule has 1 aliphatic rings. The summed E-state index contributed by atoms with van der Waals surface area (Å²) < 4.78 is 11.3. The van der Waals surface area contributed by atoms with Crippen LogP contribution in [0.25, 0.3) is 6.08 Å². The molecule has 5 nitrogen and oxygen atoms in total. The van der Waals surface area contributed by atoms with E-state index in [1.807, 2.05) is 24.3 Å². The molecule has 1 aliphatic heterocycles. The second kappa shape index (κ2) is 7.66. The van der Waals surface area contributed by atoms with Crippen LogP contribution in [-0.4, -0.2) is 17.8 Å². The number of nitrogens with zero attached hydrogens (tertiary/aromatic N) is 1. The lowest BCUT2D eigenvalue weighted by atomic mass is 10.2. The number of hydrogen-bond donors (Lipinski definition) is 0. The molecule has 0 N–H and O–H groups in total.